The van der Waals surface area contributed by atoms with E-state index in [1.165, 1.54) is 0 Å². The molecule has 118 valence electrons. The van der Waals surface area contributed by atoms with Crippen LogP contribution < -0.4 is 10.5 Å². The molecule has 1 aromatic carbocycles. The molecule has 0 amide bonds. The van der Waals surface area contributed by atoms with Crippen LogP contribution in [-0.4, -0.2) is 37.2 Å². The number of alkyl halides is 4. The van der Waals surface area contributed by atoms with E-state index in [0.29, 0.717) is 11.3 Å². The quantitative estimate of drug-likeness (QED) is 0.431. The van der Waals surface area contributed by atoms with E-state index in [9.17, 15) is 17.6 Å². The zero-order valence-corrected chi connectivity index (χ0v) is 11.8. The van der Waals surface area contributed by atoms with Crippen molar-refractivity contribution in [3.05, 3.63) is 29.8 Å². The largest absolute Gasteiger partial charge is 0.493 e. The molecule has 8 heteroatoms. The van der Waals surface area contributed by atoms with E-state index in [-0.39, 0.29) is 24.6 Å². The van der Waals surface area contributed by atoms with Crippen LogP contribution in [-0.2, 0) is 4.74 Å². The minimum absolute atomic E-state index is 0.114. The number of para-hydroxylation sites is 1. The highest BCUT2D eigenvalue weighted by molar-refractivity contribution is 7.80. The smallest absolute Gasteiger partial charge is 0.330 e. The molecule has 0 aliphatic rings. The summed E-state index contributed by atoms with van der Waals surface area (Å²) in [5.74, 6) is -3.65. The Bertz CT molecular complexity index is 471. The van der Waals surface area contributed by atoms with Gasteiger partial charge in [0.25, 0.3) is 0 Å². The summed E-state index contributed by atoms with van der Waals surface area (Å²) in [4.78, 5) is 0.179. The van der Waals surface area contributed by atoms with E-state index in [1.54, 1.807) is 24.3 Å². The summed E-state index contributed by atoms with van der Waals surface area (Å²) >= 11 is 4.85. The molecule has 0 radical (unpaired) electrons. The van der Waals surface area contributed by atoms with Crippen LogP contribution in [0, 0.1) is 0 Å². The van der Waals surface area contributed by atoms with Crippen molar-refractivity contribution in [1.29, 1.82) is 0 Å². The Hall–Kier alpha value is -1.41. The van der Waals surface area contributed by atoms with E-state index in [2.05, 4.69) is 4.74 Å². The Balaban J connectivity index is 2.28. The predicted molar refractivity (Wildman–Crippen MR) is 74.2 cm³/mol. The predicted octanol–water partition coefficient (Wildman–Crippen LogP) is 3.01. The molecular weight excluding hydrogens is 310 g/mol. The molecule has 0 aliphatic carbocycles. The third kappa shape index (κ3) is 5.84. The summed E-state index contributed by atoms with van der Waals surface area (Å²) in [5, 5.41) is 0. The van der Waals surface area contributed by atoms with Gasteiger partial charge in [-0.25, -0.2) is 8.78 Å². The summed E-state index contributed by atoms with van der Waals surface area (Å²) in [7, 11) is 0. The Morgan fingerprint density at radius 2 is 1.90 bits per heavy atom. The molecule has 0 aromatic heterocycles. The highest BCUT2D eigenvalue weighted by Gasteiger charge is 2.40. The topological polar surface area (TPSA) is 44.5 Å². The fourth-order valence-corrected chi connectivity index (χ4v) is 1.58. The standard InChI is InChI=1S/C13H15F4NO2S/c14-12(15)13(16,17)8-19-6-3-7-20-10-5-2-1-4-9(10)11(18)21/h1-2,4-5,12H,3,6-8H2,(H2,18,21). The lowest BCUT2D eigenvalue weighted by molar-refractivity contribution is -0.166. The highest BCUT2D eigenvalue weighted by Crippen LogP contribution is 2.23. The molecule has 0 atom stereocenters. The summed E-state index contributed by atoms with van der Waals surface area (Å²) in [6.45, 7) is -1.26. The summed E-state index contributed by atoms with van der Waals surface area (Å²) in [6, 6.07) is 6.84. The van der Waals surface area contributed by atoms with Crippen molar-refractivity contribution >= 4 is 17.2 Å². The molecule has 0 saturated heterocycles. The van der Waals surface area contributed by atoms with Crippen molar-refractivity contribution in [2.24, 2.45) is 5.73 Å². The molecular formula is C13H15F4NO2S. The molecule has 1 rings (SSSR count). The first-order chi connectivity index (χ1) is 9.84. The van der Waals surface area contributed by atoms with Gasteiger partial charge in [0, 0.05) is 6.42 Å². The van der Waals surface area contributed by atoms with Crippen LogP contribution in [0.4, 0.5) is 17.6 Å². The third-order valence-electron chi connectivity index (χ3n) is 2.46. The van der Waals surface area contributed by atoms with Crippen molar-refractivity contribution in [3.63, 3.8) is 0 Å². The van der Waals surface area contributed by atoms with Crippen LogP contribution >= 0.6 is 12.2 Å². The van der Waals surface area contributed by atoms with E-state index >= 15 is 0 Å². The van der Waals surface area contributed by atoms with Crippen LogP contribution in [0.2, 0.25) is 0 Å². The molecule has 0 fully saturated rings. The number of thiocarbonyl (C=S) groups is 1. The summed E-state index contributed by atoms with van der Waals surface area (Å²) < 4.78 is 58.7. The monoisotopic (exact) mass is 325 g/mol. The van der Waals surface area contributed by atoms with Crippen LogP contribution in [0.15, 0.2) is 24.3 Å². The van der Waals surface area contributed by atoms with Gasteiger partial charge < -0.3 is 15.2 Å². The minimum atomic E-state index is -4.13. The fraction of sp³-hybridized carbons (Fsp3) is 0.462. The average Bonchev–Trinajstić information content (AvgIpc) is 2.42. The Morgan fingerprint density at radius 1 is 1.24 bits per heavy atom. The van der Waals surface area contributed by atoms with Crippen molar-refractivity contribution in [3.8, 4) is 5.75 Å². The van der Waals surface area contributed by atoms with E-state index in [4.69, 9.17) is 22.7 Å². The van der Waals surface area contributed by atoms with Gasteiger partial charge in [-0.15, -0.1) is 0 Å². The van der Waals surface area contributed by atoms with Gasteiger partial charge in [-0.3, -0.25) is 0 Å². The van der Waals surface area contributed by atoms with Gasteiger partial charge in [-0.1, -0.05) is 24.4 Å². The van der Waals surface area contributed by atoms with Gasteiger partial charge in [0.1, 0.15) is 17.3 Å². The molecule has 0 spiro atoms. The van der Waals surface area contributed by atoms with Crippen LogP contribution in [0.3, 0.4) is 0 Å². The highest BCUT2D eigenvalue weighted by atomic mass is 32.1. The van der Waals surface area contributed by atoms with Gasteiger partial charge in [-0.2, -0.15) is 8.78 Å². The Kier molecular flexibility index (Phi) is 6.83. The van der Waals surface area contributed by atoms with Crippen molar-refractivity contribution in [2.75, 3.05) is 19.8 Å². The number of rotatable bonds is 9. The number of hydrogen-bond donors (Lipinski definition) is 1. The molecule has 0 aliphatic heterocycles. The number of benzene rings is 1. The summed E-state index contributed by atoms with van der Waals surface area (Å²) in [6.07, 6.45) is -3.46. The van der Waals surface area contributed by atoms with E-state index in [1.807, 2.05) is 0 Å². The van der Waals surface area contributed by atoms with Crippen LogP contribution in [0.5, 0.6) is 5.75 Å². The van der Waals surface area contributed by atoms with Gasteiger partial charge in [-0.05, 0) is 12.1 Å². The lowest BCUT2D eigenvalue weighted by Crippen LogP contribution is -2.32. The molecule has 2 N–H and O–H groups in total. The van der Waals surface area contributed by atoms with Crippen LogP contribution in [0.1, 0.15) is 12.0 Å². The lowest BCUT2D eigenvalue weighted by atomic mass is 10.2. The van der Waals surface area contributed by atoms with E-state index in [0.717, 1.165) is 0 Å². The number of ether oxygens (including phenoxy) is 2. The zero-order valence-electron chi connectivity index (χ0n) is 11.0. The maximum Gasteiger partial charge on any atom is 0.330 e. The molecule has 1 aromatic rings. The Labute approximate surface area is 125 Å². The maximum atomic E-state index is 12.5. The van der Waals surface area contributed by atoms with Crippen LogP contribution in [0.25, 0.3) is 0 Å². The SMILES string of the molecule is NC(=S)c1ccccc1OCCCOCC(F)(F)C(F)F. The molecule has 0 bridgehead atoms. The first kappa shape index (κ1) is 17.6. The number of hydrogen-bond acceptors (Lipinski definition) is 3. The normalized spacial score (nSPS) is 11.7. The van der Waals surface area contributed by atoms with Crippen molar-refractivity contribution in [1.82, 2.24) is 0 Å². The summed E-state index contributed by atoms with van der Waals surface area (Å²) in [5.41, 5.74) is 6.08. The first-order valence-corrected chi connectivity index (χ1v) is 6.51. The average molecular weight is 325 g/mol. The van der Waals surface area contributed by atoms with Gasteiger partial charge in [0.15, 0.2) is 0 Å². The second-order valence-electron chi connectivity index (χ2n) is 4.18. The van der Waals surface area contributed by atoms with Crippen molar-refractivity contribution in [2.45, 2.75) is 18.8 Å². The van der Waals surface area contributed by atoms with E-state index < -0.39 is 19.0 Å². The first-order valence-electron chi connectivity index (χ1n) is 6.10. The molecule has 0 heterocycles. The van der Waals surface area contributed by atoms with Gasteiger partial charge in [0.2, 0.25) is 0 Å². The zero-order chi connectivity index (χ0) is 15.9. The molecule has 0 unspecified atom stereocenters. The van der Waals surface area contributed by atoms with Gasteiger partial charge in [0.05, 0.1) is 18.8 Å². The van der Waals surface area contributed by atoms with Gasteiger partial charge >= 0.3 is 12.3 Å². The molecule has 21 heavy (non-hydrogen) atoms. The molecule has 3 nitrogen and oxygen atoms in total. The third-order valence-corrected chi connectivity index (χ3v) is 2.68. The second-order valence-corrected chi connectivity index (χ2v) is 4.62. The second kappa shape index (κ2) is 8.14. The lowest BCUT2D eigenvalue weighted by Gasteiger charge is -2.15. The molecule has 0 saturated carbocycles. The minimum Gasteiger partial charge on any atom is -0.493 e. The van der Waals surface area contributed by atoms with Crippen molar-refractivity contribution < 1.29 is 27.0 Å². The number of halogens is 4. The Morgan fingerprint density at radius 3 is 2.52 bits per heavy atom. The maximum absolute atomic E-state index is 12.5. The fourth-order valence-electron chi connectivity index (χ4n) is 1.41. The number of nitrogens with two attached hydrogens (primary N) is 1.